The Labute approximate surface area is 113 Å². The summed E-state index contributed by atoms with van der Waals surface area (Å²) < 4.78 is 10.9. The summed E-state index contributed by atoms with van der Waals surface area (Å²) >= 11 is 0. The van der Waals surface area contributed by atoms with Gasteiger partial charge >= 0.3 is 0 Å². The first kappa shape index (κ1) is 15.1. The van der Waals surface area contributed by atoms with Gasteiger partial charge in [-0.05, 0) is 38.7 Å². The van der Waals surface area contributed by atoms with Crippen molar-refractivity contribution in [2.45, 2.75) is 6.42 Å². The molecule has 0 amide bonds. The molecule has 0 unspecified atom stereocenters. The molecule has 1 rings (SSSR count). The van der Waals surface area contributed by atoms with Crippen molar-refractivity contribution in [3.63, 3.8) is 0 Å². The number of nitrogens with zero attached hydrogens (tertiary/aromatic N) is 2. The fraction of sp³-hybridized carbons (Fsp3) is 0.462. The largest absolute Gasteiger partial charge is 0.493 e. The van der Waals surface area contributed by atoms with Crippen LogP contribution < -0.4 is 15.2 Å². The molecule has 0 aliphatic heterocycles. The molecule has 0 bridgehead atoms. The zero-order valence-electron chi connectivity index (χ0n) is 11.6. The zero-order valence-corrected chi connectivity index (χ0v) is 11.6. The molecule has 0 spiro atoms. The van der Waals surface area contributed by atoms with E-state index in [0.29, 0.717) is 23.7 Å². The van der Waals surface area contributed by atoms with Crippen LogP contribution in [0.1, 0.15) is 12.0 Å². The minimum atomic E-state index is 0.0393. The average Bonchev–Trinajstić information content (AvgIpc) is 2.42. The molecule has 0 fully saturated rings. The highest BCUT2D eigenvalue weighted by atomic mass is 16.5. The van der Waals surface area contributed by atoms with E-state index in [2.05, 4.69) is 10.1 Å². The van der Waals surface area contributed by atoms with Crippen LogP contribution in [0.4, 0.5) is 0 Å². The number of hydrogen-bond donors (Lipinski definition) is 2. The van der Waals surface area contributed by atoms with Gasteiger partial charge in [0.05, 0.1) is 13.7 Å². The van der Waals surface area contributed by atoms with E-state index in [9.17, 15) is 0 Å². The van der Waals surface area contributed by atoms with E-state index in [1.165, 1.54) is 0 Å². The standard InChI is InChI=1S/C13H21N3O3/c1-16(2)7-4-8-19-11-6-5-10(13(14)15-17)9-12(11)18-3/h5-6,9,17H,4,7-8H2,1-3H3,(H2,14,15). The number of rotatable bonds is 7. The van der Waals surface area contributed by atoms with E-state index in [0.717, 1.165) is 13.0 Å². The zero-order chi connectivity index (χ0) is 14.3. The molecule has 1 aromatic carbocycles. The molecule has 6 nitrogen and oxygen atoms in total. The summed E-state index contributed by atoms with van der Waals surface area (Å²) in [5.74, 6) is 1.25. The monoisotopic (exact) mass is 267 g/mol. The van der Waals surface area contributed by atoms with E-state index in [-0.39, 0.29) is 5.84 Å². The van der Waals surface area contributed by atoms with E-state index in [1.807, 2.05) is 14.1 Å². The van der Waals surface area contributed by atoms with Gasteiger partial charge in [-0.3, -0.25) is 0 Å². The molecule has 0 aliphatic rings. The first-order valence-electron chi connectivity index (χ1n) is 6.02. The second kappa shape index (κ2) is 7.48. The van der Waals surface area contributed by atoms with Crippen LogP contribution in [0.2, 0.25) is 0 Å². The summed E-state index contributed by atoms with van der Waals surface area (Å²) in [6.45, 7) is 1.57. The number of amidine groups is 1. The summed E-state index contributed by atoms with van der Waals surface area (Å²) in [7, 11) is 5.59. The Morgan fingerprint density at radius 1 is 1.37 bits per heavy atom. The van der Waals surface area contributed by atoms with Crippen molar-refractivity contribution in [2.75, 3.05) is 34.4 Å². The first-order chi connectivity index (χ1) is 9.08. The van der Waals surface area contributed by atoms with Gasteiger partial charge in [0, 0.05) is 12.1 Å². The molecule has 106 valence electrons. The molecule has 0 aromatic heterocycles. The van der Waals surface area contributed by atoms with E-state index in [4.69, 9.17) is 20.4 Å². The predicted molar refractivity (Wildman–Crippen MR) is 74.2 cm³/mol. The molecule has 0 atom stereocenters. The lowest BCUT2D eigenvalue weighted by Crippen LogP contribution is -2.16. The highest BCUT2D eigenvalue weighted by Crippen LogP contribution is 2.28. The van der Waals surface area contributed by atoms with Crippen LogP contribution in [-0.4, -0.2) is 50.3 Å². The number of methoxy groups -OCH3 is 1. The number of hydrogen-bond acceptors (Lipinski definition) is 5. The maximum Gasteiger partial charge on any atom is 0.170 e. The predicted octanol–water partition coefficient (Wildman–Crippen LogP) is 1.12. The maximum atomic E-state index is 8.63. The summed E-state index contributed by atoms with van der Waals surface area (Å²) in [6.07, 6.45) is 0.929. The molecule has 0 heterocycles. The average molecular weight is 267 g/mol. The number of ether oxygens (including phenoxy) is 2. The second-order valence-corrected chi connectivity index (χ2v) is 4.36. The fourth-order valence-corrected chi connectivity index (χ4v) is 1.57. The summed E-state index contributed by atoms with van der Waals surface area (Å²) in [5.41, 5.74) is 6.10. The third-order valence-electron chi connectivity index (χ3n) is 2.57. The van der Waals surface area contributed by atoms with Crippen LogP contribution in [0.25, 0.3) is 0 Å². The van der Waals surface area contributed by atoms with Crippen molar-refractivity contribution in [2.24, 2.45) is 10.9 Å². The summed E-state index contributed by atoms with van der Waals surface area (Å²) in [4.78, 5) is 2.10. The van der Waals surface area contributed by atoms with Gasteiger partial charge in [0.1, 0.15) is 0 Å². The third-order valence-corrected chi connectivity index (χ3v) is 2.57. The highest BCUT2D eigenvalue weighted by Gasteiger charge is 2.08. The van der Waals surface area contributed by atoms with Crippen LogP contribution in [0, 0.1) is 0 Å². The maximum absolute atomic E-state index is 8.63. The number of nitrogens with two attached hydrogens (primary N) is 1. The highest BCUT2D eigenvalue weighted by molar-refractivity contribution is 5.97. The van der Waals surface area contributed by atoms with E-state index in [1.54, 1.807) is 25.3 Å². The van der Waals surface area contributed by atoms with Crippen molar-refractivity contribution in [1.82, 2.24) is 4.90 Å². The van der Waals surface area contributed by atoms with Gasteiger partial charge < -0.3 is 25.3 Å². The Hall–Kier alpha value is -1.95. The van der Waals surface area contributed by atoms with Gasteiger partial charge in [0.15, 0.2) is 17.3 Å². The molecule has 0 saturated carbocycles. The Morgan fingerprint density at radius 3 is 2.68 bits per heavy atom. The Balaban J connectivity index is 2.68. The topological polar surface area (TPSA) is 80.3 Å². The van der Waals surface area contributed by atoms with E-state index < -0.39 is 0 Å². The molecule has 1 aromatic rings. The lowest BCUT2D eigenvalue weighted by atomic mass is 10.2. The molecule has 0 radical (unpaired) electrons. The minimum absolute atomic E-state index is 0.0393. The third kappa shape index (κ3) is 4.67. The Kier molecular flexibility index (Phi) is 5.95. The molecular weight excluding hydrogens is 246 g/mol. The fourth-order valence-electron chi connectivity index (χ4n) is 1.57. The smallest absolute Gasteiger partial charge is 0.170 e. The second-order valence-electron chi connectivity index (χ2n) is 4.36. The number of oxime groups is 1. The van der Waals surface area contributed by atoms with Crippen molar-refractivity contribution < 1.29 is 14.7 Å². The summed E-state index contributed by atoms with van der Waals surface area (Å²) in [5, 5.41) is 11.6. The summed E-state index contributed by atoms with van der Waals surface area (Å²) in [6, 6.07) is 5.15. The molecule has 19 heavy (non-hydrogen) atoms. The normalized spacial score (nSPS) is 11.7. The number of benzene rings is 1. The van der Waals surface area contributed by atoms with Gasteiger partial charge in [-0.1, -0.05) is 5.16 Å². The Bertz CT molecular complexity index is 433. The van der Waals surface area contributed by atoms with E-state index >= 15 is 0 Å². The Morgan fingerprint density at radius 2 is 2.11 bits per heavy atom. The van der Waals surface area contributed by atoms with Crippen molar-refractivity contribution in [3.8, 4) is 11.5 Å². The van der Waals surface area contributed by atoms with Gasteiger partial charge in [0.2, 0.25) is 0 Å². The molecule has 0 saturated heterocycles. The molecule has 3 N–H and O–H groups in total. The van der Waals surface area contributed by atoms with Crippen molar-refractivity contribution in [1.29, 1.82) is 0 Å². The molecule has 6 heteroatoms. The van der Waals surface area contributed by atoms with Crippen LogP contribution in [0.15, 0.2) is 23.4 Å². The van der Waals surface area contributed by atoms with Crippen molar-refractivity contribution >= 4 is 5.84 Å². The van der Waals surface area contributed by atoms with Crippen LogP contribution in [0.3, 0.4) is 0 Å². The van der Waals surface area contributed by atoms with Crippen molar-refractivity contribution in [3.05, 3.63) is 23.8 Å². The molecular formula is C13H21N3O3. The van der Waals surface area contributed by atoms with Gasteiger partial charge in [-0.25, -0.2) is 0 Å². The quantitative estimate of drug-likeness (QED) is 0.254. The first-order valence-corrected chi connectivity index (χ1v) is 6.02. The lowest BCUT2D eigenvalue weighted by molar-refractivity contribution is 0.268. The van der Waals surface area contributed by atoms with Gasteiger partial charge in [0.25, 0.3) is 0 Å². The van der Waals surface area contributed by atoms with Gasteiger partial charge in [-0.15, -0.1) is 0 Å². The SMILES string of the molecule is COc1cc(/C(N)=N/O)ccc1OCCCN(C)C. The van der Waals surface area contributed by atoms with Gasteiger partial charge in [-0.2, -0.15) is 0 Å². The molecule has 0 aliphatic carbocycles. The lowest BCUT2D eigenvalue weighted by Gasteiger charge is -2.13. The van der Waals surface area contributed by atoms with Crippen LogP contribution in [-0.2, 0) is 0 Å². The van der Waals surface area contributed by atoms with Crippen LogP contribution >= 0.6 is 0 Å². The minimum Gasteiger partial charge on any atom is -0.493 e. The van der Waals surface area contributed by atoms with Crippen LogP contribution in [0.5, 0.6) is 11.5 Å².